The van der Waals surface area contributed by atoms with Gasteiger partial charge in [0, 0.05) is 37.2 Å². The summed E-state index contributed by atoms with van der Waals surface area (Å²) in [7, 11) is 0. The zero-order valence-electron chi connectivity index (χ0n) is 12.4. The summed E-state index contributed by atoms with van der Waals surface area (Å²) in [6.07, 6.45) is 6.69. The largest absolute Gasteiger partial charge is 0.312 e. The van der Waals surface area contributed by atoms with Crippen LogP contribution >= 0.6 is 0 Å². The van der Waals surface area contributed by atoms with E-state index >= 15 is 0 Å². The smallest absolute Gasteiger partial charge is 0.178 e. The maximum absolute atomic E-state index is 4.93. The van der Waals surface area contributed by atoms with E-state index in [1.807, 2.05) is 12.3 Å². The second kappa shape index (κ2) is 5.19. The van der Waals surface area contributed by atoms with E-state index in [1.54, 1.807) is 0 Å². The molecule has 1 fully saturated rings. The summed E-state index contributed by atoms with van der Waals surface area (Å²) in [5.74, 6) is 1.44. The number of aromatic nitrogens is 3. The van der Waals surface area contributed by atoms with E-state index in [0.29, 0.717) is 5.92 Å². The Hall–Kier alpha value is -1.81. The first kappa shape index (κ1) is 12.9. The Morgan fingerprint density at radius 2 is 2.14 bits per heavy atom. The van der Waals surface area contributed by atoms with E-state index in [0.717, 1.165) is 36.6 Å². The number of hydrogen-bond acceptors (Lipinski definition) is 4. The van der Waals surface area contributed by atoms with Gasteiger partial charge in [0.15, 0.2) is 5.82 Å². The van der Waals surface area contributed by atoms with E-state index in [1.165, 1.54) is 36.2 Å². The summed E-state index contributed by atoms with van der Waals surface area (Å²) < 4.78 is 0. The van der Waals surface area contributed by atoms with E-state index in [2.05, 4.69) is 23.3 Å². The van der Waals surface area contributed by atoms with Crippen molar-refractivity contribution in [3.63, 3.8) is 0 Å². The lowest BCUT2D eigenvalue weighted by atomic mass is 9.80. The average molecular weight is 280 g/mol. The number of aryl methyl sites for hydroxylation is 1. The van der Waals surface area contributed by atoms with E-state index < -0.39 is 0 Å². The van der Waals surface area contributed by atoms with Gasteiger partial charge in [-0.2, -0.15) is 0 Å². The van der Waals surface area contributed by atoms with Gasteiger partial charge in [0.1, 0.15) is 5.69 Å². The predicted molar refractivity (Wildman–Crippen MR) is 82.0 cm³/mol. The van der Waals surface area contributed by atoms with Gasteiger partial charge < -0.3 is 5.32 Å². The first-order valence-electron chi connectivity index (χ1n) is 7.85. The lowest BCUT2D eigenvalue weighted by Gasteiger charge is -2.29. The van der Waals surface area contributed by atoms with Crippen LogP contribution in [0.25, 0.3) is 11.5 Å². The first-order chi connectivity index (χ1) is 10.3. The molecule has 2 aromatic heterocycles. The van der Waals surface area contributed by atoms with Crippen molar-refractivity contribution in [3.8, 4) is 11.5 Å². The molecule has 3 heterocycles. The minimum Gasteiger partial charge on any atom is -0.312 e. The van der Waals surface area contributed by atoms with Crippen molar-refractivity contribution in [1.29, 1.82) is 0 Å². The lowest BCUT2D eigenvalue weighted by molar-refractivity contribution is 0.404. The topological polar surface area (TPSA) is 50.7 Å². The van der Waals surface area contributed by atoms with Crippen LogP contribution in [0.1, 0.15) is 47.7 Å². The highest BCUT2D eigenvalue weighted by atomic mass is 15.0. The highest BCUT2D eigenvalue weighted by Crippen LogP contribution is 2.38. The van der Waals surface area contributed by atoms with Crippen molar-refractivity contribution in [2.45, 2.75) is 45.1 Å². The lowest BCUT2D eigenvalue weighted by Crippen LogP contribution is -2.28. The molecular weight excluding hydrogens is 260 g/mol. The molecule has 0 atom stereocenters. The molecule has 2 aliphatic rings. The molecule has 2 aromatic rings. The van der Waals surface area contributed by atoms with Crippen LogP contribution < -0.4 is 5.32 Å². The molecule has 108 valence electrons. The highest BCUT2D eigenvalue weighted by Gasteiger charge is 2.28. The summed E-state index contributed by atoms with van der Waals surface area (Å²) in [6.45, 7) is 4.01. The molecule has 1 aliphatic heterocycles. The monoisotopic (exact) mass is 280 g/mol. The van der Waals surface area contributed by atoms with Crippen molar-refractivity contribution in [2.24, 2.45) is 0 Å². The van der Waals surface area contributed by atoms with Gasteiger partial charge in [0.25, 0.3) is 0 Å². The number of hydrogen-bond donors (Lipinski definition) is 1. The number of pyridine rings is 1. The molecule has 0 bridgehead atoms. The fraction of sp³-hybridized carbons (Fsp3) is 0.471. The molecule has 4 rings (SSSR count). The minimum absolute atomic E-state index is 0.629. The number of rotatable bonds is 2. The Labute approximate surface area is 125 Å². The van der Waals surface area contributed by atoms with Crippen LogP contribution in [0.4, 0.5) is 0 Å². The Morgan fingerprint density at radius 3 is 2.90 bits per heavy atom. The van der Waals surface area contributed by atoms with Crippen LogP contribution in [-0.4, -0.2) is 21.5 Å². The molecule has 21 heavy (non-hydrogen) atoms. The third kappa shape index (κ3) is 2.23. The number of nitrogens with zero attached hydrogens (tertiary/aromatic N) is 3. The van der Waals surface area contributed by atoms with Crippen LogP contribution in [0.15, 0.2) is 18.3 Å². The maximum Gasteiger partial charge on any atom is 0.178 e. The third-order valence-corrected chi connectivity index (χ3v) is 4.68. The van der Waals surface area contributed by atoms with Crippen molar-refractivity contribution >= 4 is 0 Å². The average Bonchev–Trinajstić information content (AvgIpc) is 2.46. The van der Waals surface area contributed by atoms with Crippen LogP contribution in [-0.2, 0) is 13.0 Å². The summed E-state index contributed by atoms with van der Waals surface area (Å²) in [5, 5.41) is 3.46. The van der Waals surface area contributed by atoms with Crippen molar-refractivity contribution in [2.75, 3.05) is 6.54 Å². The zero-order valence-corrected chi connectivity index (χ0v) is 12.4. The molecule has 0 saturated heterocycles. The van der Waals surface area contributed by atoms with Crippen molar-refractivity contribution in [3.05, 3.63) is 40.8 Å². The minimum atomic E-state index is 0.629. The summed E-state index contributed by atoms with van der Waals surface area (Å²) in [5.41, 5.74) is 5.93. The molecule has 0 aromatic carbocycles. The van der Waals surface area contributed by atoms with Crippen LogP contribution in [0.2, 0.25) is 0 Å². The van der Waals surface area contributed by atoms with Gasteiger partial charge in [0.2, 0.25) is 0 Å². The van der Waals surface area contributed by atoms with Crippen molar-refractivity contribution in [1.82, 2.24) is 20.3 Å². The molecule has 0 amide bonds. The van der Waals surface area contributed by atoms with Crippen LogP contribution in [0.3, 0.4) is 0 Å². The quantitative estimate of drug-likeness (QED) is 0.919. The molecule has 1 aliphatic carbocycles. The Balaban J connectivity index is 1.86. The second-order valence-corrected chi connectivity index (χ2v) is 6.08. The van der Waals surface area contributed by atoms with Gasteiger partial charge in [-0.15, -0.1) is 0 Å². The van der Waals surface area contributed by atoms with E-state index in [-0.39, 0.29) is 0 Å². The molecular formula is C17H20N4. The number of fused-ring (bicyclic) bond motifs is 1. The third-order valence-electron chi connectivity index (χ3n) is 4.68. The fourth-order valence-electron chi connectivity index (χ4n) is 3.21. The molecule has 0 unspecified atom stereocenters. The summed E-state index contributed by atoms with van der Waals surface area (Å²) >= 11 is 0. The molecule has 4 heteroatoms. The molecule has 1 saturated carbocycles. The van der Waals surface area contributed by atoms with Crippen LogP contribution in [0, 0.1) is 6.92 Å². The standard InChI is InChI=1S/C17H20N4/c1-11-4-3-8-19-15(11)17-20-14-7-9-18-10-13(14)16(21-17)12-5-2-6-12/h3-4,8,12,18H,2,5-7,9-10H2,1H3. The molecule has 0 spiro atoms. The van der Waals surface area contributed by atoms with Gasteiger partial charge in [-0.05, 0) is 31.4 Å². The van der Waals surface area contributed by atoms with E-state index in [4.69, 9.17) is 9.97 Å². The molecule has 0 radical (unpaired) electrons. The van der Waals surface area contributed by atoms with E-state index in [9.17, 15) is 0 Å². The predicted octanol–water partition coefficient (Wildman–Crippen LogP) is 2.76. The van der Waals surface area contributed by atoms with Gasteiger partial charge in [-0.3, -0.25) is 4.98 Å². The highest BCUT2D eigenvalue weighted by molar-refractivity contribution is 5.55. The van der Waals surface area contributed by atoms with Crippen LogP contribution in [0.5, 0.6) is 0 Å². The fourth-order valence-corrected chi connectivity index (χ4v) is 3.21. The van der Waals surface area contributed by atoms with Gasteiger partial charge in [0.05, 0.1) is 11.4 Å². The Morgan fingerprint density at radius 1 is 1.24 bits per heavy atom. The second-order valence-electron chi connectivity index (χ2n) is 6.08. The zero-order chi connectivity index (χ0) is 14.2. The van der Waals surface area contributed by atoms with Crippen molar-refractivity contribution < 1.29 is 0 Å². The van der Waals surface area contributed by atoms with Gasteiger partial charge in [-0.25, -0.2) is 9.97 Å². The summed E-state index contributed by atoms with van der Waals surface area (Å²) in [6, 6.07) is 4.05. The SMILES string of the molecule is Cc1cccnc1-c1nc2c(c(C3CCC3)n1)CNCC2. The summed E-state index contributed by atoms with van der Waals surface area (Å²) in [4.78, 5) is 14.3. The van der Waals surface area contributed by atoms with Gasteiger partial charge >= 0.3 is 0 Å². The molecule has 4 nitrogen and oxygen atoms in total. The Bertz CT molecular complexity index is 676. The van der Waals surface area contributed by atoms with Gasteiger partial charge in [-0.1, -0.05) is 12.5 Å². The molecule has 1 N–H and O–H groups in total. The first-order valence-corrected chi connectivity index (χ1v) is 7.85. The maximum atomic E-state index is 4.93. The number of nitrogens with one attached hydrogen (secondary N) is 1. The normalized spacial score (nSPS) is 18.1. The Kier molecular flexibility index (Phi) is 3.19.